The van der Waals surface area contributed by atoms with Crippen molar-refractivity contribution in [1.82, 2.24) is 0 Å². The van der Waals surface area contributed by atoms with Crippen molar-refractivity contribution < 1.29 is 39.6 Å². The molecule has 0 aliphatic carbocycles. The van der Waals surface area contributed by atoms with Crippen LogP contribution in [0.3, 0.4) is 0 Å². The Morgan fingerprint density at radius 1 is 0.636 bits per heavy atom. The molecule has 0 bridgehead atoms. The summed E-state index contributed by atoms with van der Waals surface area (Å²) in [5, 5.41) is 31.3. The van der Waals surface area contributed by atoms with Crippen molar-refractivity contribution in [3.8, 4) is 0 Å². The first-order chi connectivity index (χ1) is 10.0. The van der Waals surface area contributed by atoms with Gasteiger partial charge >= 0.3 is 23.9 Å². The Hall–Kier alpha value is -2.64. The zero-order valence-corrected chi connectivity index (χ0v) is 13.0. The molecule has 0 rings (SSSR count). The van der Waals surface area contributed by atoms with Crippen LogP contribution in [0.5, 0.6) is 0 Å². The van der Waals surface area contributed by atoms with E-state index in [-0.39, 0.29) is 0 Å². The van der Waals surface area contributed by atoms with Gasteiger partial charge in [0.2, 0.25) is 0 Å². The quantitative estimate of drug-likeness (QED) is 0.454. The molecule has 0 saturated carbocycles. The van der Waals surface area contributed by atoms with Crippen LogP contribution >= 0.6 is 0 Å². The Bertz CT molecular complexity index is 404. The zero-order chi connectivity index (χ0) is 18.3. The van der Waals surface area contributed by atoms with E-state index in [4.69, 9.17) is 30.0 Å². The predicted octanol–water partition coefficient (Wildman–Crippen LogP) is 2.01. The molecule has 0 atom stereocenters. The number of hydrogen-bond donors (Lipinski definition) is 4. The second-order valence-electron chi connectivity index (χ2n) is 3.81. The van der Waals surface area contributed by atoms with Crippen molar-refractivity contribution in [2.24, 2.45) is 0 Å². The van der Waals surface area contributed by atoms with Gasteiger partial charge in [-0.25, -0.2) is 19.2 Å². The molecule has 0 fully saturated rings. The number of aliphatic carboxylic acids is 4. The summed E-state index contributed by atoms with van der Waals surface area (Å²) in [4.78, 5) is 38.2. The summed E-state index contributed by atoms with van der Waals surface area (Å²) in [6.45, 7) is 7.00. The Kier molecular flexibility index (Phi) is 16.4. The fourth-order valence-electron chi connectivity index (χ4n) is 0.787. The molecule has 0 saturated heterocycles. The number of carboxylic acid groups (broad SMARTS) is 4. The lowest BCUT2D eigenvalue weighted by molar-refractivity contribution is -0.159. The van der Waals surface area contributed by atoms with Gasteiger partial charge < -0.3 is 20.4 Å². The third-order valence-electron chi connectivity index (χ3n) is 1.88. The van der Waals surface area contributed by atoms with Gasteiger partial charge in [0, 0.05) is 11.1 Å². The molecule has 4 N–H and O–H groups in total. The van der Waals surface area contributed by atoms with E-state index in [0.717, 1.165) is 12.8 Å². The molecule has 0 aromatic heterocycles. The lowest BCUT2D eigenvalue weighted by Crippen LogP contribution is -2.09. The van der Waals surface area contributed by atoms with Crippen LogP contribution in [-0.4, -0.2) is 44.3 Å². The highest BCUT2D eigenvalue weighted by Gasteiger charge is 2.04. The molecule has 0 aliphatic rings. The Morgan fingerprint density at radius 3 is 0.909 bits per heavy atom. The van der Waals surface area contributed by atoms with Gasteiger partial charge in [-0.2, -0.15) is 0 Å². The van der Waals surface area contributed by atoms with Gasteiger partial charge in [0.05, 0.1) is 0 Å². The summed E-state index contributed by atoms with van der Waals surface area (Å²) in [7, 11) is 0. The van der Waals surface area contributed by atoms with Crippen molar-refractivity contribution in [2.75, 3.05) is 0 Å². The summed E-state index contributed by atoms with van der Waals surface area (Å²) in [6, 6.07) is 0. The van der Waals surface area contributed by atoms with E-state index in [1.54, 1.807) is 26.0 Å². The summed E-state index contributed by atoms with van der Waals surface area (Å²) in [6.07, 6.45) is 4.95. The van der Waals surface area contributed by atoms with E-state index in [1.165, 1.54) is 0 Å². The number of rotatable bonds is 4. The van der Waals surface area contributed by atoms with Crippen LogP contribution in [0.25, 0.3) is 0 Å². The highest BCUT2D eigenvalue weighted by Crippen LogP contribution is 1.93. The van der Waals surface area contributed by atoms with Crippen molar-refractivity contribution in [1.29, 1.82) is 0 Å². The average Bonchev–Trinajstić information content (AvgIpc) is 2.40. The molecule has 0 unspecified atom stereocenters. The minimum atomic E-state index is -1.82. The molecular weight excluding hydrogens is 296 g/mol. The Labute approximate surface area is 128 Å². The van der Waals surface area contributed by atoms with Crippen molar-refractivity contribution in [3.05, 3.63) is 23.3 Å². The van der Waals surface area contributed by atoms with E-state index in [1.807, 2.05) is 13.8 Å². The van der Waals surface area contributed by atoms with Gasteiger partial charge in [-0.3, -0.25) is 0 Å². The minimum absolute atomic E-state index is 0.424. The zero-order valence-electron chi connectivity index (χ0n) is 13.0. The predicted molar refractivity (Wildman–Crippen MR) is 78.6 cm³/mol. The first-order valence-electron chi connectivity index (χ1n) is 6.27. The molecule has 0 aromatic carbocycles. The molecule has 8 nitrogen and oxygen atoms in total. The molecule has 0 aromatic rings. The van der Waals surface area contributed by atoms with Crippen molar-refractivity contribution in [3.63, 3.8) is 0 Å². The molecule has 0 heterocycles. The summed E-state index contributed by atoms with van der Waals surface area (Å²) in [5.74, 6) is -5.30. The van der Waals surface area contributed by atoms with E-state index in [9.17, 15) is 9.59 Å². The van der Waals surface area contributed by atoms with Crippen molar-refractivity contribution in [2.45, 2.75) is 40.5 Å². The first kappa shape index (κ1) is 24.4. The second-order valence-corrected chi connectivity index (χ2v) is 3.81. The molecule has 0 aliphatic heterocycles. The fraction of sp³-hybridized carbons (Fsp3) is 0.429. The molecule has 22 heavy (non-hydrogen) atoms. The third-order valence-corrected chi connectivity index (χ3v) is 1.88. The maximum absolute atomic E-state index is 10.0. The van der Waals surface area contributed by atoms with E-state index < -0.39 is 23.9 Å². The molecule has 126 valence electrons. The van der Waals surface area contributed by atoms with Gasteiger partial charge in [-0.15, -0.1) is 0 Å². The van der Waals surface area contributed by atoms with Gasteiger partial charge in [0.25, 0.3) is 0 Å². The smallest absolute Gasteiger partial charge is 0.414 e. The maximum atomic E-state index is 10.0. The first-order valence-corrected chi connectivity index (χ1v) is 6.27. The van der Waals surface area contributed by atoms with Crippen LogP contribution < -0.4 is 0 Å². The van der Waals surface area contributed by atoms with E-state index >= 15 is 0 Å². The standard InChI is InChI=1S/2C6H10O2.C2H2O4/c2*1-3-4-5(2)6(7)8;3-1(4)2(5)6/h2*4H,3H2,1-2H3,(H,7,8);(H,3,4)(H,5,6)/b2*5-4+;. The van der Waals surface area contributed by atoms with Gasteiger partial charge in [-0.05, 0) is 26.7 Å². The molecule has 0 spiro atoms. The van der Waals surface area contributed by atoms with Gasteiger partial charge in [0.1, 0.15) is 0 Å². The summed E-state index contributed by atoms with van der Waals surface area (Å²) in [5.41, 5.74) is 0.847. The lowest BCUT2D eigenvalue weighted by atomic mass is 10.2. The topological polar surface area (TPSA) is 149 Å². The van der Waals surface area contributed by atoms with Crippen LogP contribution in [0.4, 0.5) is 0 Å². The van der Waals surface area contributed by atoms with Crippen molar-refractivity contribution >= 4 is 23.9 Å². The highest BCUT2D eigenvalue weighted by atomic mass is 16.4. The summed E-state index contributed by atoms with van der Waals surface area (Å²) >= 11 is 0. The SMILES string of the molecule is CC/C=C(\C)C(=O)O.CC/C=C(\C)C(=O)O.O=C(O)C(=O)O. The fourth-order valence-corrected chi connectivity index (χ4v) is 0.787. The van der Waals surface area contributed by atoms with E-state index in [0.29, 0.717) is 11.1 Å². The molecular formula is C14H22O8. The number of allylic oxidation sites excluding steroid dienone is 2. The number of hydrogen-bond acceptors (Lipinski definition) is 4. The van der Waals surface area contributed by atoms with Crippen LogP contribution in [-0.2, 0) is 19.2 Å². The Morgan fingerprint density at radius 2 is 0.864 bits per heavy atom. The molecule has 0 radical (unpaired) electrons. The largest absolute Gasteiger partial charge is 0.478 e. The number of carbonyl (C=O) groups is 4. The van der Waals surface area contributed by atoms with Crippen LogP contribution in [0.15, 0.2) is 23.3 Å². The highest BCUT2D eigenvalue weighted by molar-refractivity contribution is 6.27. The average molecular weight is 318 g/mol. The van der Waals surface area contributed by atoms with Crippen LogP contribution in [0, 0.1) is 0 Å². The monoisotopic (exact) mass is 318 g/mol. The number of carboxylic acids is 4. The normalized spacial score (nSPS) is 10.4. The van der Waals surface area contributed by atoms with Crippen LogP contribution in [0.2, 0.25) is 0 Å². The van der Waals surface area contributed by atoms with Crippen LogP contribution in [0.1, 0.15) is 40.5 Å². The maximum Gasteiger partial charge on any atom is 0.414 e. The van der Waals surface area contributed by atoms with Gasteiger partial charge in [0.15, 0.2) is 0 Å². The minimum Gasteiger partial charge on any atom is -0.478 e. The third kappa shape index (κ3) is 19.7. The lowest BCUT2D eigenvalue weighted by Gasteiger charge is -1.87. The van der Waals surface area contributed by atoms with Gasteiger partial charge in [-0.1, -0.05) is 26.0 Å². The second kappa shape index (κ2) is 14.8. The van der Waals surface area contributed by atoms with E-state index in [2.05, 4.69) is 0 Å². The molecule has 0 amide bonds. The summed E-state index contributed by atoms with van der Waals surface area (Å²) < 4.78 is 0. The Balaban J connectivity index is -0.000000249. The molecule has 8 heteroatoms.